The van der Waals surface area contributed by atoms with Crippen molar-refractivity contribution in [2.75, 3.05) is 33.2 Å². The summed E-state index contributed by atoms with van der Waals surface area (Å²) in [5, 5.41) is 5.20. The van der Waals surface area contributed by atoms with Gasteiger partial charge in [0.1, 0.15) is 12.0 Å². The van der Waals surface area contributed by atoms with Crippen LogP contribution in [0.25, 0.3) is 10.8 Å². The minimum absolute atomic E-state index is 0. The molecule has 2 aromatic heterocycles. The van der Waals surface area contributed by atoms with Crippen LogP contribution in [-0.2, 0) is 11.3 Å². The Morgan fingerprint density at radius 1 is 1.33 bits per heavy atom. The first-order chi connectivity index (χ1) is 12.6. The Labute approximate surface area is 181 Å². The molecule has 0 aliphatic carbocycles. The van der Waals surface area contributed by atoms with E-state index in [9.17, 15) is 4.79 Å². The molecule has 0 fully saturated rings. The molecule has 0 radical (unpaired) electrons. The van der Waals surface area contributed by atoms with Gasteiger partial charge in [0.05, 0.1) is 18.0 Å². The molecule has 0 unspecified atom stereocenters. The minimum atomic E-state index is 0. The summed E-state index contributed by atoms with van der Waals surface area (Å²) in [6, 6.07) is 3.94. The molecular weight excluding hydrogens is 477 g/mol. The number of halogens is 1. The SMILES string of the molecule is CCNC(=NCc1coc(-c2cccs2)n1)N(C)CC(=O)N(CC)CC.I. The van der Waals surface area contributed by atoms with Crippen LogP contribution in [0.3, 0.4) is 0 Å². The Morgan fingerprint density at radius 2 is 2.07 bits per heavy atom. The van der Waals surface area contributed by atoms with E-state index in [0.717, 1.165) is 17.1 Å². The number of hydrogen-bond donors (Lipinski definition) is 1. The van der Waals surface area contributed by atoms with Crippen molar-refractivity contribution in [1.82, 2.24) is 20.1 Å². The second-order valence-electron chi connectivity index (χ2n) is 5.71. The normalized spacial score (nSPS) is 11.0. The third-order valence-electron chi connectivity index (χ3n) is 3.86. The minimum Gasteiger partial charge on any atom is -0.443 e. The first-order valence-corrected chi connectivity index (χ1v) is 9.72. The van der Waals surface area contributed by atoms with Crippen molar-refractivity contribution in [2.24, 2.45) is 4.99 Å². The number of nitrogens with one attached hydrogen (secondary N) is 1. The predicted octanol–water partition coefficient (Wildman–Crippen LogP) is 3.29. The van der Waals surface area contributed by atoms with Gasteiger partial charge < -0.3 is 19.5 Å². The zero-order chi connectivity index (χ0) is 18.9. The number of carbonyl (C=O) groups excluding carboxylic acids is 1. The van der Waals surface area contributed by atoms with Gasteiger partial charge in [-0.3, -0.25) is 4.79 Å². The number of carbonyl (C=O) groups is 1. The fraction of sp³-hybridized carbons (Fsp3) is 0.500. The van der Waals surface area contributed by atoms with Gasteiger partial charge in [-0.15, -0.1) is 35.3 Å². The summed E-state index contributed by atoms with van der Waals surface area (Å²) < 4.78 is 5.52. The van der Waals surface area contributed by atoms with Gasteiger partial charge in [0.15, 0.2) is 5.96 Å². The second kappa shape index (κ2) is 12.0. The molecular formula is C18H28IN5O2S. The highest BCUT2D eigenvalue weighted by molar-refractivity contribution is 14.0. The van der Waals surface area contributed by atoms with E-state index in [1.165, 1.54) is 0 Å². The van der Waals surface area contributed by atoms with Crippen molar-refractivity contribution in [2.45, 2.75) is 27.3 Å². The highest BCUT2D eigenvalue weighted by atomic mass is 127. The molecule has 0 saturated carbocycles. The maximum atomic E-state index is 12.3. The Bertz CT molecular complexity index is 713. The first kappa shape index (κ1) is 23.4. The van der Waals surface area contributed by atoms with Crippen LogP contribution in [0.2, 0.25) is 0 Å². The molecule has 0 aliphatic rings. The van der Waals surface area contributed by atoms with Crippen molar-refractivity contribution >= 4 is 47.2 Å². The van der Waals surface area contributed by atoms with Gasteiger partial charge in [0.25, 0.3) is 0 Å². The van der Waals surface area contributed by atoms with Crippen LogP contribution < -0.4 is 5.32 Å². The summed E-state index contributed by atoms with van der Waals surface area (Å²) in [5.41, 5.74) is 0.757. The quantitative estimate of drug-likeness (QED) is 0.339. The number of amides is 1. The summed E-state index contributed by atoms with van der Waals surface area (Å²) in [4.78, 5) is 26.0. The Balaban J connectivity index is 0.00000364. The predicted molar refractivity (Wildman–Crippen MR) is 121 cm³/mol. The molecule has 0 aromatic carbocycles. The van der Waals surface area contributed by atoms with Gasteiger partial charge in [-0.25, -0.2) is 9.98 Å². The lowest BCUT2D eigenvalue weighted by molar-refractivity contribution is -0.131. The Hall–Kier alpha value is -1.62. The average molecular weight is 505 g/mol. The number of nitrogens with zero attached hydrogens (tertiary/aromatic N) is 4. The standard InChI is InChI=1S/C18H27N5O2S.HI/c1-5-19-18(22(4)12-16(24)23(6-2)7-3)20-11-14-13-25-17(21-14)15-9-8-10-26-15;/h8-10,13H,5-7,11-12H2,1-4H3,(H,19,20);1H. The van der Waals surface area contributed by atoms with E-state index in [1.807, 2.05) is 55.1 Å². The molecule has 9 heteroatoms. The van der Waals surface area contributed by atoms with Crippen LogP contribution >= 0.6 is 35.3 Å². The highest BCUT2D eigenvalue weighted by Crippen LogP contribution is 2.23. The maximum Gasteiger partial charge on any atom is 0.242 e. The number of rotatable bonds is 8. The van der Waals surface area contributed by atoms with Crippen molar-refractivity contribution < 1.29 is 9.21 Å². The van der Waals surface area contributed by atoms with E-state index >= 15 is 0 Å². The first-order valence-electron chi connectivity index (χ1n) is 8.84. The lowest BCUT2D eigenvalue weighted by atomic mass is 10.4. The van der Waals surface area contributed by atoms with Crippen molar-refractivity contribution in [1.29, 1.82) is 0 Å². The van der Waals surface area contributed by atoms with Gasteiger partial charge >= 0.3 is 0 Å². The van der Waals surface area contributed by atoms with Crippen LogP contribution in [0.4, 0.5) is 0 Å². The van der Waals surface area contributed by atoms with E-state index in [2.05, 4.69) is 15.3 Å². The molecule has 0 spiro atoms. The number of oxazole rings is 1. The monoisotopic (exact) mass is 505 g/mol. The molecule has 0 bridgehead atoms. The van der Waals surface area contributed by atoms with E-state index in [0.29, 0.717) is 31.5 Å². The number of thiophene rings is 1. The topological polar surface area (TPSA) is 74.0 Å². The van der Waals surface area contributed by atoms with Gasteiger partial charge in [-0.2, -0.15) is 0 Å². The Kier molecular flexibility index (Phi) is 10.4. The molecule has 1 amide bonds. The third kappa shape index (κ3) is 6.80. The lowest BCUT2D eigenvalue weighted by Gasteiger charge is -2.25. The van der Waals surface area contributed by atoms with Crippen molar-refractivity contribution in [3.8, 4) is 10.8 Å². The molecule has 7 nitrogen and oxygen atoms in total. The molecule has 0 saturated heterocycles. The van der Waals surface area contributed by atoms with Crippen LogP contribution in [-0.4, -0.2) is 59.9 Å². The average Bonchev–Trinajstić information content (AvgIpc) is 3.30. The highest BCUT2D eigenvalue weighted by Gasteiger charge is 2.15. The van der Waals surface area contributed by atoms with Gasteiger partial charge in [-0.05, 0) is 32.2 Å². The van der Waals surface area contributed by atoms with E-state index in [4.69, 9.17) is 4.42 Å². The van der Waals surface area contributed by atoms with Crippen LogP contribution in [0.5, 0.6) is 0 Å². The summed E-state index contributed by atoms with van der Waals surface area (Å²) in [6.45, 7) is 8.78. The van der Waals surface area contributed by atoms with Crippen LogP contribution in [0, 0.1) is 0 Å². The number of likely N-dealkylation sites (N-methyl/N-ethyl adjacent to an activating group) is 2. The Morgan fingerprint density at radius 3 is 2.67 bits per heavy atom. The third-order valence-corrected chi connectivity index (χ3v) is 4.72. The van der Waals surface area contributed by atoms with Gasteiger partial charge in [-0.1, -0.05) is 6.07 Å². The molecule has 1 N–H and O–H groups in total. The molecule has 0 atom stereocenters. The fourth-order valence-electron chi connectivity index (χ4n) is 2.47. The summed E-state index contributed by atoms with van der Waals surface area (Å²) in [6.07, 6.45) is 1.63. The van der Waals surface area contributed by atoms with Gasteiger partial charge in [0.2, 0.25) is 11.8 Å². The second-order valence-corrected chi connectivity index (χ2v) is 6.66. The van der Waals surface area contributed by atoms with E-state index < -0.39 is 0 Å². The number of hydrogen-bond acceptors (Lipinski definition) is 5. The van der Waals surface area contributed by atoms with E-state index in [1.54, 1.807) is 17.6 Å². The molecule has 2 heterocycles. The molecule has 27 heavy (non-hydrogen) atoms. The summed E-state index contributed by atoms with van der Waals surface area (Å²) in [5.74, 6) is 1.37. The van der Waals surface area contributed by atoms with Crippen LogP contribution in [0.15, 0.2) is 33.2 Å². The maximum absolute atomic E-state index is 12.3. The van der Waals surface area contributed by atoms with Crippen molar-refractivity contribution in [3.63, 3.8) is 0 Å². The van der Waals surface area contributed by atoms with Crippen molar-refractivity contribution in [3.05, 3.63) is 29.5 Å². The molecule has 2 aromatic rings. The molecule has 150 valence electrons. The molecule has 0 aliphatic heterocycles. The van der Waals surface area contributed by atoms with Crippen LogP contribution in [0.1, 0.15) is 26.5 Å². The molecule has 2 rings (SSSR count). The summed E-state index contributed by atoms with van der Waals surface area (Å²) in [7, 11) is 1.86. The number of aliphatic imine (C=N–C) groups is 1. The lowest BCUT2D eigenvalue weighted by Crippen LogP contribution is -2.45. The number of guanidine groups is 1. The smallest absolute Gasteiger partial charge is 0.242 e. The van der Waals surface area contributed by atoms with E-state index in [-0.39, 0.29) is 36.4 Å². The number of aromatic nitrogens is 1. The van der Waals surface area contributed by atoms with Gasteiger partial charge in [0, 0.05) is 26.7 Å². The fourth-order valence-corrected chi connectivity index (χ4v) is 3.13. The largest absolute Gasteiger partial charge is 0.443 e. The summed E-state index contributed by atoms with van der Waals surface area (Å²) >= 11 is 1.59. The zero-order valence-electron chi connectivity index (χ0n) is 16.3. The zero-order valence-corrected chi connectivity index (χ0v) is 19.4.